The zero-order valence-corrected chi connectivity index (χ0v) is 16.7. The summed E-state index contributed by atoms with van der Waals surface area (Å²) in [6.07, 6.45) is 0. The van der Waals surface area contributed by atoms with Crippen molar-refractivity contribution in [2.75, 3.05) is 0 Å². The second-order valence-corrected chi connectivity index (χ2v) is 8.29. The Kier molecular flexibility index (Phi) is 4.87. The van der Waals surface area contributed by atoms with Crippen molar-refractivity contribution in [1.82, 2.24) is 4.57 Å². The first-order valence-electron chi connectivity index (χ1n) is 8.36. The van der Waals surface area contributed by atoms with Crippen LogP contribution in [0.15, 0.2) is 93.7 Å². The van der Waals surface area contributed by atoms with Crippen LogP contribution in [0.4, 0.5) is 5.69 Å². The van der Waals surface area contributed by atoms with Gasteiger partial charge in [-0.2, -0.15) is 0 Å². The van der Waals surface area contributed by atoms with Gasteiger partial charge in [0.1, 0.15) is 0 Å². The van der Waals surface area contributed by atoms with Gasteiger partial charge in [0.15, 0.2) is 4.80 Å². The van der Waals surface area contributed by atoms with Crippen LogP contribution in [0, 0.1) is 6.92 Å². The van der Waals surface area contributed by atoms with Gasteiger partial charge in [-0.15, -0.1) is 0 Å². The summed E-state index contributed by atoms with van der Waals surface area (Å²) in [5, 5.41) is 0. The van der Waals surface area contributed by atoms with Crippen molar-refractivity contribution < 1.29 is 0 Å². The molecule has 0 amide bonds. The van der Waals surface area contributed by atoms with Crippen LogP contribution in [0.1, 0.15) is 5.56 Å². The largest absolute Gasteiger partial charge is 0.284 e. The molecule has 4 aromatic rings. The Labute approximate surface area is 165 Å². The van der Waals surface area contributed by atoms with E-state index in [1.807, 2.05) is 36.4 Å². The number of aryl methyl sites for hydroxylation is 1. The molecule has 0 spiro atoms. The molecule has 0 bridgehead atoms. The Hall–Kier alpha value is -2.43. The highest BCUT2D eigenvalue weighted by atomic mass is 79.9. The SMILES string of the molecule is Cc1ccc(-c2c(Br)sc(=Nc3ccccc3)n2-c2ccccc2)cc1. The lowest BCUT2D eigenvalue weighted by molar-refractivity contribution is 1.01. The lowest BCUT2D eigenvalue weighted by Gasteiger charge is -2.10. The molecular weight excluding hydrogens is 404 g/mol. The molecule has 128 valence electrons. The maximum atomic E-state index is 4.89. The van der Waals surface area contributed by atoms with Crippen LogP contribution in [0.25, 0.3) is 16.9 Å². The molecule has 0 radical (unpaired) electrons. The number of halogens is 1. The van der Waals surface area contributed by atoms with E-state index in [0.29, 0.717) is 0 Å². The number of nitrogens with zero attached hydrogens (tertiary/aromatic N) is 2. The van der Waals surface area contributed by atoms with Gasteiger partial charge in [-0.1, -0.05) is 77.6 Å². The number of aromatic nitrogens is 1. The molecule has 0 atom stereocenters. The standard InChI is InChI=1S/C22H17BrN2S/c1-16-12-14-17(15-13-16)20-21(23)26-22(24-18-8-4-2-5-9-18)25(20)19-10-6-3-7-11-19/h2-15H,1H3. The minimum Gasteiger partial charge on any atom is -0.284 e. The summed E-state index contributed by atoms with van der Waals surface area (Å²) in [6.45, 7) is 2.11. The first-order chi connectivity index (χ1) is 12.7. The van der Waals surface area contributed by atoms with E-state index in [4.69, 9.17) is 4.99 Å². The summed E-state index contributed by atoms with van der Waals surface area (Å²) < 4.78 is 3.28. The van der Waals surface area contributed by atoms with Crippen LogP contribution in [0.2, 0.25) is 0 Å². The van der Waals surface area contributed by atoms with Crippen molar-refractivity contribution in [3.8, 4) is 16.9 Å². The summed E-state index contributed by atoms with van der Waals surface area (Å²) in [5.41, 5.74) is 5.58. The average Bonchev–Trinajstić information content (AvgIpc) is 3.00. The summed E-state index contributed by atoms with van der Waals surface area (Å²) in [5.74, 6) is 0. The molecule has 3 aromatic carbocycles. The highest BCUT2D eigenvalue weighted by Gasteiger charge is 2.15. The van der Waals surface area contributed by atoms with Gasteiger partial charge in [0, 0.05) is 11.3 Å². The van der Waals surface area contributed by atoms with E-state index in [2.05, 4.69) is 76.0 Å². The summed E-state index contributed by atoms with van der Waals surface area (Å²) in [4.78, 5) is 5.83. The van der Waals surface area contributed by atoms with Crippen LogP contribution in [0.3, 0.4) is 0 Å². The zero-order valence-electron chi connectivity index (χ0n) is 14.3. The topological polar surface area (TPSA) is 17.3 Å². The molecule has 0 saturated heterocycles. The molecule has 1 aromatic heterocycles. The van der Waals surface area contributed by atoms with Crippen molar-refractivity contribution in [3.63, 3.8) is 0 Å². The Morgan fingerprint density at radius 3 is 2.08 bits per heavy atom. The van der Waals surface area contributed by atoms with E-state index in [1.54, 1.807) is 11.3 Å². The number of hydrogen-bond donors (Lipinski definition) is 0. The molecule has 0 fully saturated rings. The normalized spacial score (nSPS) is 11.7. The first-order valence-corrected chi connectivity index (χ1v) is 9.97. The summed E-state index contributed by atoms with van der Waals surface area (Å²) in [6, 6.07) is 29.0. The maximum absolute atomic E-state index is 4.89. The van der Waals surface area contributed by atoms with Crippen molar-refractivity contribution in [3.05, 3.63) is 99.1 Å². The van der Waals surface area contributed by atoms with Crippen molar-refractivity contribution in [2.45, 2.75) is 6.92 Å². The summed E-state index contributed by atoms with van der Waals surface area (Å²) in [7, 11) is 0. The van der Waals surface area contributed by atoms with E-state index in [-0.39, 0.29) is 0 Å². The molecule has 4 rings (SSSR count). The van der Waals surface area contributed by atoms with Gasteiger partial charge < -0.3 is 0 Å². The van der Waals surface area contributed by atoms with Crippen LogP contribution >= 0.6 is 27.3 Å². The molecule has 2 nitrogen and oxygen atoms in total. The Morgan fingerprint density at radius 2 is 1.42 bits per heavy atom. The lowest BCUT2D eigenvalue weighted by atomic mass is 10.1. The van der Waals surface area contributed by atoms with Gasteiger partial charge in [0.05, 0.1) is 15.2 Å². The fourth-order valence-corrected chi connectivity index (χ4v) is 4.56. The summed E-state index contributed by atoms with van der Waals surface area (Å²) >= 11 is 5.41. The molecule has 0 N–H and O–H groups in total. The molecule has 0 unspecified atom stereocenters. The van der Waals surface area contributed by atoms with Crippen LogP contribution in [-0.4, -0.2) is 4.57 Å². The highest BCUT2D eigenvalue weighted by Crippen LogP contribution is 2.33. The van der Waals surface area contributed by atoms with Gasteiger partial charge in [0.2, 0.25) is 0 Å². The number of hydrogen-bond acceptors (Lipinski definition) is 2. The Bertz CT molecular complexity index is 1080. The molecule has 0 aliphatic rings. The second-order valence-electron chi connectivity index (χ2n) is 5.99. The average molecular weight is 421 g/mol. The number of para-hydroxylation sites is 2. The van der Waals surface area contributed by atoms with Crippen molar-refractivity contribution in [2.24, 2.45) is 4.99 Å². The predicted molar refractivity (Wildman–Crippen MR) is 113 cm³/mol. The smallest absolute Gasteiger partial charge is 0.196 e. The van der Waals surface area contributed by atoms with E-state index in [9.17, 15) is 0 Å². The van der Waals surface area contributed by atoms with Crippen molar-refractivity contribution >= 4 is 33.0 Å². The number of rotatable bonds is 3. The van der Waals surface area contributed by atoms with E-state index < -0.39 is 0 Å². The number of thiazole rings is 1. The van der Waals surface area contributed by atoms with Gasteiger partial charge in [0.25, 0.3) is 0 Å². The van der Waals surface area contributed by atoms with Gasteiger partial charge in [-0.05, 0) is 47.1 Å². The first kappa shape index (κ1) is 17.0. The molecule has 0 aliphatic heterocycles. The lowest BCUT2D eigenvalue weighted by Crippen LogP contribution is -2.13. The fraction of sp³-hybridized carbons (Fsp3) is 0.0455. The Morgan fingerprint density at radius 1 is 0.808 bits per heavy atom. The molecule has 1 heterocycles. The maximum Gasteiger partial charge on any atom is 0.196 e. The molecule has 4 heteroatoms. The third-order valence-electron chi connectivity index (χ3n) is 4.10. The van der Waals surface area contributed by atoms with Crippen LogP contribution in [-0.2, 0) is 0 Å². The zero-order chi connectivity index (χ0) is 17.9. The third-order valence-corrected chi connectivity index (χ3v) is 5.79. The molecule has 26 heavy (non-hydrogen) atoms. The highest BCUT2D eigenvalue weighted by molar-refractivity contribution is 9.11. The second kappa shape index (κ2) is 7.44. The van der Waals surface area contributed by atoms with Crippen LogP contribution < -0.4 is 4.80 Å². The minimum absolute atomic E-state index is 0.935. The third kappa shape index (κ3) is 3.43. The van der Waals surface area contributed by atoms with Gasteiger partial charge in [-0.25, -0.2) is 4.99 Å². The van der Waals surface area contributed by atoms with Gasteiger partial charge >= 0.3 is 0 Å². The quantitative estimate of drug-likeness (QED) is 0.359. The van der Waals surface area contributed by atoms with E-state index in [0.717, 1.165) is 31.2 Å². The fourth-order valence-electron chi connectivity index (χ4n) is 2.81. The molecule has 0 saturated carbocycles. The van der Waals surface area contributed by atoms with E-state index >= 15 is 0 Å². The minimum atomic E-state index is 0.935. The number of benzene rings is 3. The van der Waals surface area contributed by atoms with Gasteiger partial charge in [-0.3, -0.25) is 4.57 Å². The molecular formula is C22H17BrN2S. The molecule has 0 aliphatic carbocycles. The predicted octanol–water partition coefficient (Wildman–Crippen LogP) is 6.51. The monoisotopic (exact) mass is 420 g/mol. The van der Waals surface area contributed by atoms with E-state index in [1.165, 1.54) is 5.56 Å². The Balaban J connectivity index is 2.01. The van der Waals surface area contributed by atoms with Crippen molar-refractivity contribution in [1.29, 1.82) is 0 Å². The van der Waals surface area contributed by atoms with Crippen LogP contribution in [0.5, 0.6) is 0 Å².